The second-order valence-corrected chi connectivity index (χ2v) is 2.11. The summed E-state index contributed by atoms with van der Waals surface area (Å²) in [5.41, 5.74) is 0. The van der Waals surface area contributed by atoms with Crippen LogP contribution in [-0.4, -0.2) is 18.0 Å². The summed E-state index contributed by atoms with van der Waals surface area (Å²) in [5.74, 6) is 0.228. The van der Waals surface area contributed by atoms with Crippen molar-refractivity contribution in [1.82, 2.24) is 0 Å². The third-order valence-electron chi connectivity index (χ3n) is 0.640. The molecular formula is C5H10O5. The predicted molar refractivity (Wildman–Crippen MR) is 31.0 cm³/mol. The van der Waals surface area contributed by atoms with Gasteiger partial charge in [-0.1, -0.05) is 13.8 Å². The van der Waals surface area contributed by atoms with Gasteiger partial charge in [0.1, 0.15) is 0 Å². The Balaban J connectivity index is 3.22. The lowest BCUT2D eigenvalue weighted by Crippen LogP contribution is -2.10. The van der Waals surface area contributed by atoms with Gasteiger partial charge in [0.25, 0.3) is 0 Å². The molecule has 0 radical (unpaired) electrons. The molecule has 0 rings (SSSR count). The van der Waals surface area contributed by atoms with Crippen molar-refractivity contribution in [2.75, 3.05) is 6.61 Å². The number of carbonyl (C=O) groups is 1. The highest BCUT2D eigenvalue weighted by atomic mass is 17.5. The zero-order valence-corrected chi connectivity index (χ0v) is 5.86. The van der Waals surface area contributed by atoms with E-state index in [9.17, 15) is 4.79 Å². The first-order chi connectivity index (χ1) is 4.66. The highest BCUT2D eigenvalue weighted by molar-refractivity contribution is 5.58. The van der Waals surface area contributed by atoms with Gasteiger partial charge in [0.2, 0.25) is 0 Å². The molecule has 0 aliphatic carbocycles. The van der Waals surface area contributed by atoms with E-state index in [2.05, 4.69) is 14.7 Å². The molecule has 0 aliphatic rings. The van der Waals surface area contributed by atoms with Crippen LogP contribution < -0.4 is 0 Å². The average Bonchev–Trinajstić information content (AvgIpc) is 1.85. The molecule has 0 amide bonds. The van der Waals surface area contributed by atoms with Gasteiger partial charge >= 0.3 is 6.16 Å². The molecule has 1 N–H and O–H groups in total. The summed E-state index contributed by atoms with van der Waals surface area (Å²) in [4.78, 5) is 13.8. The molecule has 10 heavy (non-hydrogen) atoms. The maximum Gasteiger partial charge on any atom is 0.542 e. The summed E-state index contributed by atoms with van der Waals surface area (Å²) in [6, 6.07) is 0. The minimum atomic E-state index is -1.05. The van der Waals surface area contributed by atoms with Crippen LogP contribution in [0.5, 0.6) is 0 Å². The highest BCUT2D eigenvalue weighted by Gasteiger charge is 2.04. The summed E-state index contributed by atoms with van der Waals surface area (Å²) in [6.45, 7) is 3.97. The first-order valence-electron chi connectivity index (χ1n) is 2.81. The lowest BCUT2D eigenvalue weighted by molar-refractivity contribution is -0.461. The number of ether oxygens (including phenoxy) is 1. The third-order valence-corrected chi connectivity index (χ3v) is 0.640. The average molecular weight is 150 g/mol. The SMILES string of the molecule is CC(C)COC(=O)OOO. The first-order valence-corrected chi connectivity index (χ1v) is 2.81. The van der Waals surface area contributed by atoms with E-state index in [1.807, 2.05) is 13.8 Å². The fourth-order valence-electron chi connectivity index (χ4n) is 0.289. The Labute approximate surface area is 58.4 Å². The predicted octanol–water partition coefficient (Wildman–Crippen LogP) is 1.20. The Morgan fingerprint density at radius 3 is 2.60 bits per heavy atom. The van der Waals surface area contributed by atoms with E-state index in [-0.39, 0.29) is 12.5 Å². The summed E-state index contributed by atoms with van der Waals surface area (Å²) >= 11 is 0. The molecular weight excluding hydrogens is 140 g/mol. The summed E-state index contributed by atoms with van der Waals surface area (Å²) < 4.78 is 4.40. The lowest BCUT2D eigenvalue weighted by Gasteiger charge is -2.03. The van der Waals surface area contributed by atoms with Gasteiger partial charge in [-0.3, -0.25) is 0 Å². The Morgan fingerprint density at radius 2 is 2.20 bits per heavy atom. The standard InChI is InChI=1S/C5H10O5/c1-4(2)3-8-5(6)9-10-7/h4,7H,3H2,1-2H3. The van der Waals surface area contributed by atoms with Crippen LogP contribution in [0.4, 0.5) is 4.79 Å². The summed E-state index contributed by atoms with van der Waals surface area (Å²) in [6.07, 6.45) is -1.05. The molecule has 5 heteroatoms. The van der Waals surface area contributed by atoms with Gasteiger partial charge in [-0.25, -0.2) is 14.9 Å². The molecule has 0 unspecified atom stereocenters. The molecule has 0 heterocycles. The molecule has 60 valence electrons. The highest BCUT2D eigenvalue weighted by Crippen LogP contribution is 1.94. The van der Waals surface area contributed by atoms with Crippen LogP contribution in [0.1, 0.15) is 13.8 Å². The topological polar surface area (TPSA) is 65.0 Å². The van der Waals surface area contributed by atoms with Crippen LogP contribution in [0.2, 0.25) is 0 Å². The van der Waals surface area contributed by atoms with Gasteiger partial charge in [-0.05, 0) is 11.0 Å². The second kappa shape index (κ2) is 5.01. The van der Waals surface area contributed by atoms with Crippen LogP contribution in [-0.2, 0) is 14.7 Å². The van der Waals surface area contributed by atoms with Crippen molar-refractivity contribution in [1.29, 1.82) is 0 Å². The van der Waals surface area contributed by atoms with Crippen molar-refractivity contribution in [3.63, 3.8) is 0 Å². The van der Waals surface area contributed by atoms with Crippen molar-refractivity contribution in [2.45, 2.75) is 13.8 Å². The first kappa shape index (κ1) is 9.19. The Hall–Kier alpha value is -0.810. The zero-order chi connectivity index (χ0) is 7.98. The minimum absolute atomic E-state index is 0.228. The van der Waals surface area contributed by atoms with Crippen LogP contribution in [0.3, 0.4) is 0 Å². The summed E-state index contributed by atoms with van der Waals surface area (Å²) in [5, 5.41) is 10.6. The number of rotatable bonds is 3. The van der Waals surface area contributed by atoms with Gasteiger partial charge in [-0.2, -0.15) is 0 Å². The molecule has 0 aromatic carbocycles. The van der Waals surface area contributed by atoms with Crippen LogP contribution in [0, 0.1) is 5.92 Å². The molecule has 0 bridgehead atoms. The zero-order valence-electron chi connectivity index (χ0n) is 5.86. The van der Waals surface area contributed by atoms with E-state index < -0.39 is 6.16 Å². The van der Waals surface area contributed by atoms with Crippen molar-refractivity contribution < 1.29 is 24.7 Å². The smallest absolute Gasteiger partial charge is 0.432 e. The Kier molecular flexibility index (Phi) is 4.61. The van der Waals surface area contributed by atoms with Crippen LogP contribution in [0.25, 0.3) is 0 Å². The maximum atomic E-state index is 10.2. The molecule has 0 saturated heterocycles. The normalized spacial score (nSPS) is 9.60. The Morgan fingerprint density at radius 1 is 1.60 bits per heavy atom. The molecule has 0 atom stereocenters. The van der Waals surface area contributed by atoms with Gasteiger partial charge in [0, 0.05) is 0 Å². The molecule has 0 aromatic rings. The van der Waals surface area contributed by atoms with Gasteiger partial charge in [0.15, 0.2) is 0 Å². The molecule has 5 nitrogen and oxygen atoms in total. The minimum Gasteiger partial charge on any atom is -0.432 e. The fraction of sp³-hybridized carbons (Fsp3) is 0.800. The van der Waals surface area contributed by atoms with Crippen molar-refractivity contribution in [2.24, 2.45) is 5.92 Å². The van der Waals surface area contributed by atoms with Gasteiger partial charge in [0.05, 0.1) is 6.61 Å². The number of hydrogen-bond donors (Lipinski definition) is 1. The number of hydrogen-bond acceptors (Lipinski definition) is 5. The Bertz CT molecular complexity index is 100. The largest absolute Gasteiger partial charge is 0.542 e. The quantitative estimate of drug-likeness (QED) is 0.372. The van der Waals surface area contributed by atoms with E-state index in [1.54, 1.807) is 0 Å². The molecule has 0 spiro atoms. The van der Waals surface area contributed by atoms with Gasteiger partial charge < -0.3 is 4.74 Å². The molecule has 0 aliphatic heterocycles. The second-order valence-electron chi connectivity index (χ2n) is 2.11. The fourth-order valence-corrected chi connectivity index (χ4v) is 0.289. The number of carbonyl (C=O) groups excluding carboxylic acids is 1. The van der Waals surface area contributed by atoms with E-state index >= 15 is 0 Å². The molecule has 0 saturated carbocycles. The molecule has 0 fully saturated rings. The van der Waals surface area contributed by atoms with Gasteiger partial charge in [-0.15, -0.1) is 0 Å². The maximum absolute atomic E-state index is 10.2. The van der Waals surface area contributed by atoms with E-state index in [0.29, 0.717) is 0 Å². The van der Waals surface area contributed by atoms with E-state index in [1.165, 1.54) is 0 Å². The van der Waals surface area contributed by atoms with Crippen molar-refractivity contribution in [3.8, 4) is 0 Å². The van der Waals surface area contributed by atoms with E-state index in [0.717, 1.165) is 0 Å². The summed E-state index contributed by atoms with van der Waals surface area (Å²) in [7, 11) is 0. The monoisotopic (exact) mass is 150 g/mol. The molecule has 0 aromatic heterocycles. The third kappa shape index (κ3) is 5.33. The lowest BCUT2D eigenvalue weighted by atomic mass is 10.2. The van der Waals surface area contributed by atoms with Crippen LogP contribution in [0.15, 0.2) is 0 Å². The van der Waals surface area contributed by atoms with E-state index in [4.69, 9.17) is 5.26 Å². The van der Waals surface area contributed by atoms with Crippen molar-refractivity contribution in [3.05, 3.63) is 0 Å². The van der Waals surface area contributed by atoms with Crippen molar-refractivity contribution >= 4 is 6.16 Å². The van der Waals surface area contributed by atoms with Crippen LogP contribution >= 0.6 is 0 Å².